The number of aliphatic hydroxyl groups is 1. The van der Waals surface area contributed by atoms with Crippen LogP contribution in [0.5, 0.6) is 0 Å². The molecule has 0 fully saturated rings. The SMILES string of the molecule is CC(C)(O)C(C)(C)OB(O)c1scnc1-c1ccc(Cl)cc1. The molecule has 0 aliphatic heterocycles. The van der Waals surface area contributed by atoms with Crippen LogP contribution in [0.1, 0.15) is 27.7 Å². The topological polar surface area (TPSA) is 62.6 Å². The smallest absolute Gasteiger partial charge is 0.422 e. The average molecular weight is 340 g/mol. The molecule has 1 aromatic carbocycles. The van der Waals surface area contributed by atoms with E-state index in [0.29, 0.717) is 15.5 Å². The Morgan fingerprint density at radius 2 is 1.77 bits per heavy atom. The van der Waals surface area contributed by atoms with Gasteiger partial charge in [-0.15, -0.1) is 11.3 Å². The molecule has 0 aliphatic carbocycles. The highest BCUT2D eigenvalue weighted by Crippen LogP contribution is 2.27. The van der Waals surface area contributed by atoms with Crippen molar-refractivity contribution in [3.8, 4) is 11.3 Å². The molecule has 4 nitrogen and oxygen atoms in total. The lowest BCUT2D eigenvalue weighted by Crippen LogP contribution is -2.53. The van der Waals surface area contributed by atoms with Crippen molar-refractivity contribution < 1.29 is 14.8 Å². The van der Waals surface area contributed by atoms with Crippen LogP contribution in [-0.2, 0) is 4.65 Å². The van der Waals surface area contributed by atoms with Crippen molar-refractivity contribution in [2.24, 2.45) is 0 Å². The maximum absolute atomic E-state index is 10.4. The van der Waals surface area contributed by atoms with E-state index in [0.717, 1.165) is 5.56 Å². The van der Waals surface area contributed by atoms with Gasteiger partial charge in [0.2, 0.25) is 0 Å². The summed E-state index contributed by atoms with van der Waals surface area (Å²) >= 11 is 7.20. The molecule has 2 rings (SSSR count). The molecule has 0 unspecified atom stereocenters. The summed E-state index contributed by atoms with van der Waals surface area (Å²) in [5.74, 6) is 0. The highest BCUT2D eigenvalue weighted by Gasteiger charge is 2.40. The normalized spacial score (nSPS) is 12.5. The summed E-state index contributed by atoms with van der Waals surface area (Å²) in [6.45, 7) is 6.76. The van der Waals surface area contributed by atoms with Gasteiger partial charge in [0.1, 0.15) is 0 Å². The van der Waals surface area contributed by atoms with Gasteiger partial charge < -0.3 is 14.8 Å². The minimum Gasteiger partial charge on any atom is -0.422 e. The number of rotatable bonds is 5. The zero-order valence-electron chi connectivity index (χ0n) is 13.0. The third-order valence-corrected chi connectivity index (χ3v) is 4.93. The molecule has 1 aromatic heterocycles. The molecule has 2 N–H and O–H groups in total. The minimum atomic E-state index is -1.17. The summed E-state index contributed by atoms with van der Waals surface area (Å²) in [7, 11) is -1.17. The van der Waals surface area contributed by atoms with Crippen LogP contribution in [0.4, 0.5) is 0 Å². The molecule has 0 saturated heterocycles. The van der Waals surface area contributed by atoms with Gasteiger partial charge in [0, 0.05) is 10.6 Å². The largest absolute Gasteiger partial charge is 0.504 e. The van der Waals surface area contributed by atoms with E-state index in [9.17, 15) is 10.1 Å². The second-order valence-electron chi connectivity index (χ2n) is 6.11. The number of benzene rings is 1. The van der Waals surface area contributed by atoms with Crippen LogP contribution < -0.4 is 4.78 Å². The lowest BCUT2D eigenvalue weighted by Gasteiger charge is -2.38. The number of nitrogens with zero attached hydrogens (tertiary/aromatic N) is 1. The maximum atomic E-state index is 10.4. The fourth-order valence-corrected chi connectivity index (χ4v) is 2.58. The molecule has 0 atom stereocenters. The molecule has 118 valence electrons. The zero-order valence-corrected chi connectivity index (χ0v) is 14.6. The molecule has 2 aromatic rings. The zero-order chi connectivity index (χ0) is 16.5. The van der Waals surface area contributed by atoms with E-state index < -0.39 is 18.3 Å². The first-order valence-corrected chi connectivity index (χ1v) is 8.15. The Balaban J connectivity index is 2.27. The molecule has 1 heterocycles. The summed E-state index contributed by atoms with van der Waals surface area (Å²) in [5, 5.41) is 21.2. The van der Waals surface area contributed by atoms with Crippen LogP contribution in [0, 0.1) is 0 Å². The monoisotopic (exact) mass is 339 g/mol. The summed E-state index contributed by atoms with van der Waals surface area (Å²) in [6.07, 6.45) is 0. The first kappa shape index (κ1) is 17.4. The van der Waals surface area contributed by atoms with Gasteiger partial charge in [-0.2, -0.15) is 0 Å². The fraction of sp³-hybridized carbons (Fsp3) is 0.400. The van der Waals surface area contributed by atoms with Crippen LogP contribution in [-0.4, -0.2) is 33.4 Å². The number of hydrogen-bond donors (Lipinski definition) is 2. The van der Waals surface area contributed by atoms with E-state index in [4.69, 9.17) is 16.3 Å². The second-order valence-corrected chi connectivity index (χ2v) is 7.43. The predicted octanol–water partition coefficient (Wildman–Crippen LogP) is 2.72. The van der Waals surface area contributed by atoms with E-state index in [2.05, 4.69) is 4.98 Å². The van der Waals surface area contributed by atoms with E-state index in [1.54, 1.807) is 45.3 Å². The Labute approximate surface area is 139 Å². The Hall–Kier alpha value is -0.915. The summed E-state index contributed by atoms with van der Waals surface area (Å²) < 4.78 is 6.28. The van der Waals surface area contributed by atoms with Crippen LogP contribution in [0.25, 0.3) is 11.3 Å². The summed E-state index contributed by atoms with van der Waals surface area (Å²) in [6, 6.07) is 7.23. The van der Waals surface area contributed by atoms with Crippen LogP contribution in [0.3, 0.4) is 0 Å². The lowest BCUT2D eigenvalue weighted by atomic mass is 9.80. The van der Waals surface area contributed by atoms with Crippen molar-refractivity contribution in [3.63, 3.8) is 0 Å². The van der Waals surface area contributed by atoms with Crippen molar-refractivity contribution in [1.82, 2.24) is 4.98 Å². The molecule has 7 heteroatoms. The Kier molecular flexibility index (Phi) is 4.99. The van der Waals surface area contributed by atoms with E-state index in [1.165, 1.54) is 11.3 Å². The van der Waals surface area contributed by atoms with Crippen molar-refractivity contribution in [2.75, 3.05) is 0 Å². The predicted molar refractivity (Wildman–Crippen MR) is 91.6 cm³/mol. The minimum absolute atomic E-state index is 0.597. The van der Waals surface area contributed by atoms with E-state index in [-0.39, 0.29) is 0 Å². The van der Waals surface area contributed by atoms with Crippen LogP contribution >= 0.6 is 22.9 Å². The van der Waals surface area contributed by atoms with Gasteiger partial charge in [0.15, 0.2) is 0 Å². The summed E-state index contributed by atoms with van der Waals surface area (Å²) in [4.78, 5) is 4.30. The lowest BCUT2D eigenvalue weighted by molar-refractivity contribution is -0.0981. The molecule has 22 heavy (non-hydrogen) atoms. The van der Waals surface area contributed by atoms with Gasteiger partial charge in [0.05, 0.1) is 27.2 Å². The molecule has 0 spiro atoms. The van der Waals surface area contributed by atoms with Crippen molar-refractivity contribution in [3.05, 3.63) is 34.8 Å². The second kappa shape index (κ2) is 6.30. The number of hydrogen-bond acceptors (Lipinski definition) is 5. The Morgan fingerprint density at radius 1 is 1.18 bits per heavy atom. The highest BCUT2D eigenvalue weighted by molar-refractivity contribution is 7.21. The van der Waals surface area contributed by atoms with E-state index in [1.807, 2.05) is 12.1 Å². The van der Waals surface area contributed by atoms with E-state index >= 15 is 0 Å². The van der Waals surface area contributed by atoms with Gasteiger partial charge in [0.25, 0.3) is 0 Å². The number of thiazole rings is 1. The maximum Gasteiger partial charge on any atom is 0.504 e. The molecule has 0 radical (unpaired) electrons. The standard InChI is InChI=1S/C15H19BClNO3S/c1-14(2,19)15(3,4)21-16(20)13-12(18-9-22-13)10-5-7-11(17)8-6-10/h5-9,19-20H,1-4H3. The number of aromatic nitrogens is 1. The van der Waals surface area contributed by atoms with Gasteiger partial charge >= 0.3 is 7.12 Å². The number of halogens is 1. The Morgan fingerprint density at radius 3 is 2.32 bits per heavy atom. The fourth-order valence-electron chi connectivity index (χ4n) is 1.73. The van der Waals surface area contributed by atoms with Crippen molar-refractivity contribution in [2.45, 2.75) is 38.9 Å². The first-order chi connectivity index (χ1) is 10.1. The van der Waals surface area contributed by atoms with Crippen molar-refractivity contribution >= 4 is 34.8 Å². The first-order valence-electron chi connectivity index (χ1n) is 6.89. The third-order valence-electron chi connectivity index (χ3n) is 3.82. The molecular weight excluding hydrogens is 321 g/mol. The van der Waals surface area contributed by atoms with Gasteiger partial charge in [-0.1, -0.05) is 23.7 Å². The van der Waals surface area contributed by atoms with Gasteiger partial charge in [-0.25, -0.2) is 4.98 Å². The summed E-state index contributed by atoms with van der Waals surface area (Å²) in [5.41, 5.74) is 1.14. The molecular formula is C15H19BClNO3S. The average Bonchev–Trinajstić information content (AvgIpc) is 2.87. The Bertz CT molecular complexity index is 637. The van der Waals surface area contributed by atoms with Gasteiger partial charge in [-0.3, -0.25) is 0 Å². The van der Waals surface area contributed by atoms with Crippen LogP contribution in [0.2, 0.25) is 5.02 Å². The molecule has 0 saturated carbocycles. The highest BCUT2D eigenvalue weighted by atomic mass is 35.5. The molecule has 0 aliphatic rings. The van der Waals surface area contributed by atoms with Crippen LogP contribution in [0.15, 0.2) is 29.8 Å². The third kappa shape index (κ3) is 3.70. The van der Waals surface area contributed by atoms with Gasteiger partial charge in [-0.05, 0) is 39.8 Å². The molecule has 0 amide bonds. The van der Waals surface area contributed by atoms with Crippen molar-refractivity contribution in [1.29, 1.82) is 0 Å². The molecule has 0 bridgehead atoms. The quantitative estimate of drug-likeness (QED) is 0.822.